The van der Waals surface area contributed by atoms with Crippen molar-refractivity contribution in [3.8, 4) is 0 Å². The lowest BCUT2D eigenvalue weighted by molar-refractivity contribution is -0.145. The molecule has 1 aromatic heterocycles. The molecule has 0 saturated heterocycles. The van der Waals surface area contributed by atoms with E-state index in [4.69, 9.17) is 10.2 Å². The minimum Gasteiger partial charge on any atom is -0.481 e. The van der Waals surface area contributed by atoms with Crippen molar-refractivity contribution in [3.63, 3.8) is 0 Å². The van der Waals surface area contributed by atoms with Gasteiger partial charge in [0.1, 0.15) is 11.7 Å². The maximum Gasteiger partial charge on any atom is 0.326 e. The van der Waals surface area contributed by atoms with Gasteiger partial charge in [-0.25, -0.2) is 4.79 Å². The number of nitrogens with one attached hydrogen (secondary N) is 1. The van der Waals surface area contributed by atoms with Crippen molar-refractivity contribution >= 4 is 17.8 Å². The van der Waals surface area contributed by atoms with Crippen molar-refractivity contribution in [3.05, 3.63) is 17.5 Å². The molecule has 1 aromatic rings. The lowest BCUT2D eigenvalue weighted by atomic mass is 10.2. The third-order valence-electron chi connectivity index (χ3n) is 2.33. The fourth-order valence-electron chi connectivity index (χ4n) is 1.28. The maximum absolute atomic E-state index is 11.7. The lowest BCUT2D eigenvalue weighted by Crippen LogP contribution is -2.42. The number of amides is 1. The van der Waals surface area contributed by atoms with Crippen LogP contribution in [0, 0.1) is 6.92 Å². The van der Waals surface area contributed by atoms with Crippen LogP contribution in [0.4, 0.5) is 0 Å². The van der Waals surface area contributed by atoms with Crippen LogP contribution in [0.3, 0.4) is 0 Å². The maximum atomic E-state index is 11.7. The number of aryl methyl sites for hydroxylation is 2. The normalized spacial score (nSPS) is 11.9. The number of aliphatic carboxylic acids is 2. The zero-order valence-corrected chi connectivity index (χ0v) is 9.88. The predicted octanol–water partition coefficient (Wildman–Crippen LogP) is -0.614. The van der Waals surface area contributed by atoms with E-state index in [1.54, 1.807) is 14.0 Å². The van der Waals surface area contributed by atoms with Crippen molar-refractivity contribution in [2.24, 2.45) is 7.05 Å². The van der Waals surface area contributed by atoms with Gasteiger partial charge in [-0.1, -0.05) is 0 Å². The first-order valence-electron chi connectivity index (χ1n) is 5.07. The molecule has 1 atom stereocenters. The van der Waals surface area contributed by atoms with Gasteiger partial charge < -0.3 is 15.5 Å². The Morgan fingerprint density at radius 1 is 1.44 bits per heavy atom. The monoisotopic (exact) mass is 255 g/mol. The summed E-state index contributed by atoms with van der Waals surface area (Å²) in [5.41, 5.74) is 0.775. The third-order valence-corrected chi connectivity index (χ3v) is 2.33. The molecule has 0 bridgehead atoms. The number of carboxylic acids is 2. The minimum atomic E-state index is -1.47. The van der Waals surface area contributed by atoms with Crippen LogP contribution >= 0.6 is 0 Å². The number of carboxylic acid groups (broad SMARTS) is 2. The second-order valence-electron chi connectivity index (χ2n) is 3.76. The number of hydrogen-bond donors (Lipinski definition) is 3. The van der Waals surface area contributed by atoms with Gasteiger partial charge >= 0.3 is 11.9 Å². The molecule has 98 valence electrons. The predicted molar refractivity (Wildman–Crippen MR) is 59.1 cm³/mol. The quantitative estimate of drug-likeness (QED) is 0.645. The molecule has 1 rings (SSSR count). The summed E-state index contributed by atoms with van der Waals surface area (Å²) < 4.78 is 1.46. The number of rotatable bonds is 5. The molecule has 0 fully saturated rings. The second kappa shape index (κ2) is 5.30. The van der Waals surface area contributed by atoms with Crippen LogP contribution in [-0.2, 0) is 16.6 Å². The fourth-order valence-corrected chi connectivity index (χ4v) is 1.28. The van der Waals surface area contributed by atoms with Gasteiger partial charge in [0.2, 0.25) is 0 Å². The molecule has 1 amide bonds. The molecule has 3 N–H and O–H groups in total. The van der Waals surface area contributed by atoms with Gasteiger partial charge in [0.25, 0.3) is 5.91 Å². The Morgan fingerprint density at radius 2 is 2.06 bits per heavy atom. The fraction of sp³-hybridized carbons (Fsp3) is 0.400. The van der Waals surface area contributed by atoms with Crippen LogP contribution in [0.5, 0.6) is 0 Å². The Kier molecular flexibility index (Phi) is 4.03. The third kappa shape index (κ3) is 3.30. The highest BCUT2D eigenvalue weighted by Crippen LogP contribution is 2.02. The number of carbonyl (C=O) groups excluding carboxylic acids is 1. The summed E-state index contributed by atoms with van der Waals surface area (Å²) in [5.74, 6) is -3.43. The summed E-state index contributed by atoms with van der Waals surface area (Å²) in [4.78, 5) is 32.9. The van der Waals surface area contributed by atoms with Crippen molar-refractivity contribution < 1.29 is 24.6 Å². The summed E-state index contributed by atoms with van der Waals surface area (Å²) >= 11 is 0. The average Bonchev–Trinajstić information content (AvgIpc) is 2.57. The van der Waals surface area contributed by atoms with Crippen molar-refractivity contribution in [2.75, 3.05) is 0 Å². The molecular formula is C10H13N3O5. The van der Waals surface area contributed by atoms with E-state index in [1.807, 2.05) is 0 Å². The van der Waals surface area contributed by atoms with Gasteiger partial charge in [-0.05, 0) is 13.0 Å². The Morgan fingerprint density at radius 3 is 2.44 bits per heavy atom. The van der Waals surface area contributed by atoms with Gasteiger partial charge in [0, 0.05) is 12.7 Å². The van der Waals surface area contributed by atoms with Crippen LogP contribution in [0.25, 0.3) is 0 Å². The van der Waals surface area contributed by atoms with Crippen LogP contribution in [0.2, 0.25) is 0 Å². The molecule has 0 spiro atoms. The molecule has 0 aliphatic heterocycles. The highest BCUT2D eigenvalue weighted by atomic mass is 16.4. The first-order chi connectivity index (χ1) is 8.31. The topological polar surface area (TPSA) is 122 Å². The van der Waals surface area contributed by atoms with Crippen LogP contribution in [0.15, 0.2) is 6.07 Å². The first-order valence-corrected chi connectivity index (χ1v) is 5.07. The molecule has 8 heteroatoms. The van der Waals surface area contributed by atoms with Gasteiger partial charge in [-0.15, -0.1) is 0 Å². The zero-order chi connectivity index (χ0) is 13.9. The summed E-state index contributed by atoms with van der Waals surface area (Å²) in [6.45, 7) is 1.73. The van der Waals surface area contributed by atoms with Crippen LogP contribution < -0.4 is 5.32 Å². The van der Waals surface area contributed by atoms with Crippen LogP contribution in [-0.4, -0.2) is 43.9 Å². The van der Waals surface area contributed by atoms with Gasteiger partial charge in [0.05, 0.1) is 6.42 Å². The first kappa shape index (κ1) is 13.7. The van der Waals surface area contributed by atoms with E-state index in [0.717, 1.165) is 5.69 Å². The minimum absolute atomic E-state index is 0.0478. The SMILES string of the molecule is Cc1cc(C(=O)NC(CC(=O)O)C(=O)O)nn1C. The Hall–Kier alpha value is -2.38. The highest BCUT2D eigenvalue weighted by molar-refractivity contribution is 5.95. The molecule has 0 aliphatic rings. The molecule has 0 aliphatic carbocycles. The number of aromatic nitrogens is 2. The van der Waals surface area contributed by atoms with E-state index in [2.05, 4.69) is 10.4 Å². The van der Waals surface area contributed by atoms with Crippen molar-refractivity contribution in [1.82, 2.24) is 15.1 Å². The van der Waals surface area contributed by atoms with E-state index >= 15 is 0 Å². The molecule has 0 radical (unpaired) electrons. The molecule has 0 saturated carbocycles. The van der Waals surface area contributed by atoms with E-state index < -0.39 is 30.3 Å². The summed E-state index contributed by atoms with van der Waals surface area (Å²) in [6.07, 6.45) is -0.688. The number of nitrogens with zero attached hydrogens (tertiary/aromatic N) is 2. The van der Waals surface area contributed by atoms with Crippen molar-refractivity contribution in [1.29, 1.82) is 0 Å². The molecule has 1 unspecified atom stereocenters. The average molecular weight is 255 g/mol. The van der Waals surface area contributed by atoms with Crippen LogP contribution in [0.1, 0.15) is 22.6 Å². The second-order valence-corrected chi connectivity index (χ2v) is 3.76. The summed E-state index contributed by atoms with van der Waals surface area (Å²) in [5, 5.41) is 23.3. The van der Waals surface area contributed by atoms with Gasteiger partial charge in [0.15, 0.2) is 0 Å². The summed E-state index contributed by atoms with van der Waals surface area (Å²) in [7, 11) is 1.64. The van der Waals surface area contributed by atoms with Gasteiger partial charge in [-0.3, -0.25) is 14.3 Å². The lowest BCUT2D eigenvalue weighted by Gasteiger charge is -2.10. The number of hydrogen-bond acceptors (Lipinski definition) is 4. The smallest absolute Gasteiger partial charge is 0.326 e. The van der Waals surface area contributed by atoms with E-state index in [-0.39, 0.29) is 5.69 Å². The highest BCUT2D eigenvalue weighted by Gasteiger charge is 2.24. The van der Waals surface area contributed by atoms with E-state index in [9.17, 15) is 14.4 Å². The standard InChI is InChI=1S/C10H13N3O5/c1-5-3-6(12-13(5)2)9(16)11-7(10(17)18)4-8(14)15/h3,7H,4H2,1-2H3,(H,11,16)(H,14,15)(H,17,18). The van der Waals surface area contributed by atoms with Crippen molar-refractivity contribution in [2.45, 2.75) is 19.4 Å². The molecule has 0 aromatic carbocycles. The Labute approximate surface area is 102 Å². The number of carbonyl (C=O) groups is 3. The Bertz CT molecular complexity index is 474. The molecule has 18 heavy (non-hydrogen) atoms. The van der Waals surface area contributed by atoms with Gasteiger partial charge in [-0.2, -0.15) is 5.10 Å². The van der Waals surface area contributed by atoms with E-state index in [1.165, 1.54) is 10.7 Å². The molecule has 8 nitrogen and oxygen atoms in total. The zero-order valence-electron chi connectivity index (χ0n) is 9.88. The summed E-state index contributed by atoms with van der Waals surface area (Å²) in [6, 6.07) is 0.00645. The largest absolute Gasteiger partial charge is 0.481 e. The molecular weight excluding hydrogens is 242 g/mol. The molecule has 1 heterocycles. The Balaban J connectivity index is 2.78. The van der Waals surface area contributed by atoms with E-state index in [0.29, 0.717) is 0 Å².